The molecule has 4 N–H and O–H groups in total. The topological polar surface area (TPSA) is 152 Å². The number of para-hydroxylation sites is 1. The standard InChI is InChI=1S/C18H16N6O4/c19-14(25)10-24-13-6-2-1-5-12(13)16(18(24)28)23-22-15(26)9-21-17(27)11-4-3-7-20-8-11/h1-8,28H,9-10H2,(H2,19,25)(H,21,27). The van der Waals surface area contributed by atoms with E-state index in [-0.39, 0.29) is 24.7 Å². The third kappa shape index (κ3) is 4.01. The van der Waals surface area contributed by atoms with Crippen LogP contribution in [0.4, 0.5) is 5.69 Å². The van der Waals surface area contributed by atoms with Crippen molar-refractivity contribution in [1.29, 1.82) is 0 Å². The number of fused-ring (bicyclic) bond motifs is 1. The van der Waals surface area contributed by atoms with Crippen molar-refractivity contribution in [3.63, 3.8) is 0 Å². The highest BCUT2D eigenvalue weighted by Gasteiger charge is 2.18. The Kier molecular flexibility index (Phi) is 5.40. The first-order chi connectivity index (χ1) is 13.5. The van der Waals surface area contributed by atoms with Crippen LogP contribution < -0.4 is 11.1 Å². The van der Waals surface area contributed by atoms with Crippen molar-refractivity contribution in [3.8, 4) is 5.88 Å². The van der Waals surface area contributed by atoms with Crippen molar-refractivity contribution in [2.24, 2.45) is 16.0 Å². The number of amides is 3. The number of carbonyl (C=O) groups is 3. The first-order valence-electron chi connectivity index (χ1n) is 8.18. The van der Waals surface area contributed by atoms with E-state index in [0.717, 1.165) is 0 Å². The highest BCUT2D eigenvalue weighted by molar-refractivity contribution is 5.97. The lowest BCUT2D eigenvalue weighted by molar-refractivity contribution is -0.119. The summed E-state index contributed by atoms with van der Waals surface area (Å²) in [4.78, 5) is 38.9. The second-order valence-corrected chi connectivity index (χ2v) is 5.76. The molecule has 3 aromatic rings. The fourth-order valence-corrected chi connectivity index (χ4v) is 2.58. The van der Waals surface area contributed by atoms with Crippen LogP contribution in [0, 0.1) is 0 Å². The Morgan fingerprint density at radius 3 is 2.68 bits per heavy atom. The summed E-state index contributed by atoms with van der Waals surface area (Å²) in [5.74, 6) is -2.18. The number of hydrogen-bond acceptors (Lipinski definition) is 6. The van der Waals surface area contributed by atoms with E-state index in [9.17, 15) is 19.5 Å². The predicted molar refractivity (Wildman–Crippen MR) is 98.9 cm³/mol. The molecule has 0 spiro atoms. The summed E-state index contributed by atoms with van der Waals surface area (Å²) in [5, 5.41) is 20.6. The van der Waals surface area contributed by atoms with E-state index >= 15 is 0 Å². The minimum Gasteiger partial charge on any atom is -0.493 e. The Bertz CT molecular complexity index is 1070. The second-order valence-electron chi connectivity index (χ2n) is 5.76. The van der Waals surface area contributed by atoms with Gasteiger partial charge in [-0.3, -0.25) is 19.4 Å². The van der Waals surface area contributed by atoms with Gasteiger partial charge in [0.1, 0.15) is 13.1 Å². The van der Waals surface area contributed by atoms with Crippen molar-refractivity contribution in [3.05, 3.63) is 54.4 Å². The van der Waals surface area contributed by atoms with Crippen LogP contribution in [0.15, 0.2) is 59.0 Å². The Hall–Kier alpha value is -4.08. The van der Waals surface area contributed by atoms with Crippen LogP contribution in [0.25, 0.3) is 10.9 Å². The lowest BCUT2D eigenvalue weighted by Gasteiger charge is -2.02. The number of hydrogen-bond donors (Lipinski definition) is 3. The second kappa shape index (κ2) is 8.08. The van der Waals surface area contributed by atoms with E-state index < -0.39 is 17.7 Å². The molecule has 142 valence electrons. The molecule has 2 heterocycles. The van der Waals surface area contributed by atoms with E-state index in [1.54, 1.807) is 36.4 Å². The van der Waals surface area contributed by atoms with Gasteiger partial charge in [-0.1, -0.05) is 18.2 Å². The molecule has 28 heavy (non-hydrogen) atoms. The monoisotopic (exact) mass is 380 g/mol. The van der Waals surface area contributed by atoms with Crippen molar-refractivity contribution in [2.45, 2.75) is 6.54 Å². The van der Waals surface area contributed by atoms with Gasteiger partial charge in [0.25, 0.3) is 11.8 Å². The van der Waals surface area contributed by atoms with Crippen molar-refractivity contribution in [2.75, 3.05) is 6.54 Å². The van der Waals surface area contributed by atoms with Crippen molar-refractivity contribution in [1.82, 2.24) is 14.9 Å². The maximum atomic E-state index is 11.9. The molecule has 3 amide bonds. The summed E-state index contributed by atoms with van der Waals surface area (Å²) in [6.07, 6.45) is 2.89. The summed E-state index contributed by atoms with van der Waals surface area (Å²) in [7, 11) is 0. The molecule has 0 atom stereocenters. The fourth-order valence-electron chi connectivity index (χ4n) is 2.58. The summed E-state index contributed by atoms with van der Waals surface area (Å²) < 4.78 is 1.28. The van der Waals surface area contributed by atoms with Gasteiger partial charge in [-0.2, -0.15) is 0 Å². The summed E-state index contributed by atoms with van der Waals surface area (Å²) >= 11 is 0. The molecule has 0 radical (unpaired) electrons. The maximum Gasteiger partial charge on any atom is 0.283 e. The van der Waals surface area contributed by atoms with E-state index in [0.29, 0.717) is 16.5 Å². The molecule has 0 aliphatic carbocycles. The number of pyridine rings is 1. The van der Waals surface area contributed by atoms with Gasteiger partial charge in [-0.15, -0.1) is 10.2 Å². The van der Waals surface area contributed by atoms with Crippen LogP contribution in [0.5, 0.6) is 5.88 Å². The molecule has 2 aromatic heterocycles. The number of aromatic nitrogens is 2. The number of nitrogens with zero attached hydrogens (tertiary/aromatic N) is 4. The number of benzene rings is 1. The number of azo groups is 1. The maximum absolute atomic E-state index is 11.9. The van der Waals surface area contributed by atoms with Crippen LogP contribution in [0.2, 0.25) is 0 Å². The van der Waals surface area contributed by atoms with Crippen LogP contribution >= 0.6 is 0 Å². The van der Waals surface area contributed by atoms with Gasteiger partial charge >= 0.3 is 0 Å². The molecule has 0 unspecified atom stereocenters. The molecule has 10 heteroatoms. The number of rotatable bonds is 6. The van der Waals surface area contributed by atoms with Crippen LogP contribution in [0.3, 0.4) is 0 Å². The van der Waals surface area contributed by atoms with E-state index in [1.807, 2.05) is 0 Å². The average molecular weight is 380 g/mol. The molecule has 0 aliphatic heterocycles. The van der Waals surface area contributed by atoms with Gasteiger partial charge in [0, 0.05) is 17.8 Å². The zero-order valence-corrected chi connectivity index (χ0v) is 14.6. The van der Waals surface area contributed by atoms with Gasteiger partial charge in [0.15, 0.2) is 5.69 Å². The van der Waals surface area contributed by atoms with E-state index in [1.165, 1.54) is 17.0 Å². The van der Waals surface area contributed by atoms with E-state index in [2.05, 4.69) is 20.5 Å². The zero-order valence-electron chi connectivity index (χ0n) is 14.6. The SMILES string of the molecule is NC(=O)Cn1c(O)c(N=NC(=O)CNC(=O)c2cccnc2)c2ccccc21. The molecule has 0 bridgehead atoms. The minimum absolute atomic E-state index is 0.0313. The van der Waals surface area contributed by atoms with Gasteiger partial charge in [0.2, 0.25) is 11.8 Å². The van der Waals surface area contributed by atoms with Gasteiger partial charge in [-0.25, -0.2) is 0 Å². The Labute approximate surface area is 158 Å². The van der Waals surface area contributed by atoms with Crippen LogP contribution in [-0.2, 0) is 16.1 Å². The zero-order chi connectivity index (χ0) is 20.1. The molecule has 10 nitrogen and oxygen atoms in total. The highest BCUT2D eigenvalue weighted by Crippen LogP contribution is 2.38. The average Bonchev–Trinajstić information content (AvgIpc) is 2.96. The van der Waals surface area contributed by atoms with Crippen molar-refractivity contribution >= 4 is 34.3 Å². The smallest absolute Gasteiger partial charge is 0.283 e. The van der Waals surface area contributed by atoms with Crippen LogP contribution in [-0.4, -0.2) is 38.9 Å². The lowest BCUT2D eigenvalue weighted by atomic mass is 10.2. The minimum atomic E-state index is -0.719. The first-order valence-corrected chi connectivity index (χ1v) is 8.18. The van der Waals surface area contributed by atoms with Gasteiger partial charge in [0.05, 0.1) is 11.1 Å². The molecular formula is C18H16N6O4. The molecule has 1 aromatic carbocycles. The third-order valence-corrected chi connectivity index (χ3v) is 3.82. The third-order valence-electron chi connectivity index (χ3n) is 3.82. The predicted octanol–water partition coefficient (Wildman–Crippen LogP) is 1.27. The molecule has 0 aliphatic rings. The molecule has 3 rings (SSSR count). The molecule has 0 saturated carbocycles. The number of aromatic hydroxyl groups is 1. The van der Waals surface area contributed by atoms with Crippen molar-refractivity contribution < 1.29 is 19.5 Å². The molecule has 0 saturated heterocycles. The fraction of sp³-hybridized carbons (Fsp3) is 0.111. The Morgan fingerprint density at radius 2 is 1.96 bits per heavy atom. The van der Waals surface area contributed by atoms with Crippen LogP contribution in [0.1, 0.15) is 10.4 Å². The number of primary amides is 1. The van der Waals surface area contributed by atoms with Gasteiger partial charge in [-0.05, 0) is 18.2 Å². The largest absolute Gasteiger partial charge is 0.493 e. The van der Waals surface area contributed by atoms with Gasteiger partial charge < -0.3 is 20.7 Å². The lowest BCUT2D eigenvalue weighted by Crippen LogP contribution is -2.28. The Balaban J connectivity index is 1.76. The number of carbonyl (C=O) groups excluding carboxylic acids is 3. The van der Waals surface area contributed by atoms with E-state index in [4.69, 9.17) is 5.73 Å². The highest BCUT2D eigenvalue weighted by atomic mass is 16.3. The summed E-state index contributed by atoms with van der Waals surface area (Å²) in [5.41, 5.74) is 6.06. The Morgan fingerprint density at radius 1 is 1.18 bits per heavy atom. The summed E-state index contributed by atoms with van der Waals surface area (Å²) in [6, 6.07) is 9.92. The summed E-state index contributed by atoms with van der Waals surface area (Å²) in [6.45, 7) is -0.630. The quantitative estimate of drug-likeness (QED) is 0.550. The normalized spacial score (nSPS) is 11.0. The molecule has 0 fully saturated rings. The number of nitrogens with one attached hydrogen (secondary N) is 1. The first kappa shape index (κ1) is 18.7. The molecular weight excluding hydrogens is 364 g/mol. The number of nitrogens with two attached hydrogens (primary N) is 1.